The molecular weight excluding hydrogens is 312 g/mol. The zero-order valence-electron chi connectivity index (χ0n) is 13.5. The third-order valence-corrected chi connectivity index (χ3v) is 5.29. The van der Waals surface area contributed by atoms with Gasteiger partial charge in [0.15, 0.2) is 5.69 Å². The van der Waals surface area contributed by atoms with Crippen molar-refractivity contribution in [2.24, 2.45) is 0 Å². The highest BCUT2D eigenvalue weighted by atomic mass is 32.1. The minimum atomic E-state index is -0.184. The Balaban J connectivity index is 1.64. The number of carbonyl (C=O) groups is 1. The Kier molecular flexibility index (Phi) is 5.02. The zero-order valence-corrected chi connectivity index (χ0v) is 14.3. The van der Waals surface area contributed by atoms with Crippen LogP contribution in [-0.4, -0.2) is 39.0 Å². The third-order valence-electron chi connectivity index (χ3n) is 4.15. The van der Waals surface area contributed by atoms with Crippen LogP contribution in [0.3, 0.4) is 0 Å². The second-order valence-electron chi connectivity index (χ2n) is 5.71. The van der Waals surface area contributed by atoms with Crippen LogP contribution in [0.15, 0.2) is 6.20 Å². The summed E-state index contributed by atoms with van der Waals surface area (Å²) in [4.78, 5) is 17.9. The van der Waals surface area contributed by atoms with E-state index in [2.05, 4.69) is 32.9 Å². The van der Waals surface area contributed by atoms with Crippen molar-refractivity contribution in [3.63, 3.8) is 0 Å². The van der Waals surface area contributed by atoms with Gasteiger partial charge in [0.2, 0.25) is 0 Å². The summed E-state index contributed by atoms with van der Waals surface area (Å²) < 4.78 is 1.90. The molecule has 3 heterocycles. The first-order valence-corrected chi connectivity index (χ1v) is 8.85. The molecule has 0 spiro atoms. The fourth-order valence-electron chi connectivity index (χ4n) is 2.78. The number of aromatic nitrogens is 4. The van der Waals surface area contributed by atoms with Crippen LogP contribution < -0.4 is 10.6 Å². The summed E-state index contributed by atoms with van der Waals surface area (Å²) in [7, 11) is 0. The predicted molar refractivity (Wildman–Crippen MR) is 88.6 cm³/mol. The largest absolute Gasteiger partial charge is 0.344 e. The summed E-state index contributed by atoms with van der Waals surface area (Å²) in [5.74, 6) is -0.184. The molecule has 2 aromatic heterocycles. The van der Waals surface area contributed by atoms with E-state index < -0.39 is 0 Å². The van der Waals surface area contributed by atoms with Crippen LogP contribution in [-0.2, 0) is 13.0 Å². The standard InChI is InChI=1S/C15H22N6OS/c1-3-12-8-17-13(23-12)9-18-15(22)14-10(2)21(20-19-14)11-4-6-16-7-5-11/h8,11,16H,3-7,9H2,1-2H3,(H,18,22). The van der Waals surface area contributed by atoms with Gasteiger partial charge in [-0.05, 0) is 39.3 Å². The Labute approximate surface area is 139 Å². The van der Waals surface area contributed by atoms with Gasteiger partial charge in [-0.25, -0.2) is 9.67 Å². The average Bonchev–Trinajstić information content (AvgIpc) is 3.20. The molecular formula is C15H22N6OS. The van der Waals surface area contributed by atoms with Crippen LogP contribution in [0.4, 0.5) is 0 Å². The summed E-state index contributed by atoms with van der Waals surface area (Å²) in [6, 6.07) is 0.330. The third kappa shape index (κ3) is 3.59. The van der Waals surface area contributed by atoms with Crippen LogP contribution in [0.2, 0.25) is 0 Å². The summed E-state index contributed by atoms with van der Waals surface area (Å²) in [5.41, 5.74) is 1.25. The highest BCUT2D eigenvalue weighted by molar-refractivity contribution is 7.11. The molecule has 1 amide bonds. The number of amides is 1. The van der Waals surface area contributed by atoms with Crippen molar-refractivity contribution in [2.75, 3.05) is 13.1 Å². The van der Waals surface area contributed by atoms with Gasteiger partial charge < -0.3 is 10.6 Å². The van der Waals surface area contributed by atoms with E-state index in [9.17, 15) is 4.79 Å². The van der Waals surface area contributed by atoms with Gasteiger partial charge in [0.05, 0.1) is 18.3 Å². The number of piperidine rings is 1. The first-order valence-electron chi connectivity index (χ1n) is 8.03. The molecule has 0 radical (unpaired) electrons. The number of aryl methyl sites for hydroxylation is 1. The summed E-state index contributed by atoms with van der Waals surface area (Å²) in [6.07, 6.45) is 4.87. The van der Waals surface area contributed by atoms with Crippen molar-refractivity contribution < 1.29 is 4.79 Å². The minimum Gasteiger partial charge on any atom is -0.344 e. The van der Waals surface area contributed by atoms with E-state index in [4.69, 9.17) is 0 Å². The smallest absolute Gasteiger partial charge is 0.274 e. The Morgan fingerprint density at radius 1 is 1.48 bits per heavy atom. The lowest BCUT2D eigenvalue weighted by molar-refractivity contribution is 0.0945. The topological polar surface area (TPSA) is 84.7 Å². The maximum Gasteiger partial charge on any atom is 0.274 e. The summed E-state index contributed by atoms with van der Waals surface area (Å²) in [5, 5.41) is 15.4. The molecule has 0 bridgehead atoms. The SMILES string of the molecule is CCc1cnc(CNC(=O)c2nnn(C3CCNCC3)c2C)s1. The Hall–Kier alpha value is -1.80. The second kappa shape index (κ2) is 7.18. The van der Waals surface area contributed by atoms with E-state index >= 15 is 0 Å². The van der Waals surface area contributed by atoms with E-state index in [0.29, 0.717) is 18.3 Å². The van der Waals surface area contributed by atoms with Crippen molar-refractivity contribution in [3.05, 3.63) is 27.5 Å². The molecule has 1 fully saturated rings. The minimum absolute atomic E-state index is 0.184. The first-order chi connectivity index (χ1) is 11.2. The number of nitrogens with zero attached hydrogens (tertiary/aromatic N) is 4. The summed E-state index contributed by atoms with van der Waals surface area (Å²) in [6.45, 7) is 6.40. The van der Waals surface area contributed by atoms with E-state index in [1.54, 1.807) is 11.3 Å². The van der Waals surface area contributed by atoms with E-state index in [1.165, 1.54) is 4.88 Å². The lowest BCUT2D eigenvalue weighted by Crippen LogP contribution is -2.30. The Morgan fingerprint density at radius 3 is 2.96 bits per heavy atom. The molecule has 2 aromatic rings. The summed E-state index contributed by atoms with van der Waals surface area (Å²) >= 11 is 1.63. The average molecular weight is 334 g/mol. The molecule has 7 nitrogen and oxygen atoms in total. The fourth-order valence-corrected chi connectivity index (χ4v) is 3.58. The molecule has 3 rings (SSSR count). The maximum atomic E-state index is 12.3. The fraction of sp³-hybridized carbons (Fsp3) is 0.600. The second-order valence-corrected chi connectivity index (χ2v) is 6.91. The van der Waals surface area contributed by atoms with E-state index in [0.717, 1.165) is 43.1 Å². The van der Waals surface area contributed by atoms with E-state index in [-0.39, 0.29) is 5.91 Å². The molecule has 0 aromatic carbocycles. The molecule has 1 aliphatic heterocycles. The van der Waals surface area contributed by atoms with Gasteiger partial charge in [-0.15, -0.1) is 16.4 Å². The number of thiazole rings is 1. The molecule has 0 saturated carbocycles. The van der Waals surface area contributed by atoms with Crippen molar-refractivity contribution in [3.8, 4) is 0 Å². The van der Waals surface area contributed by atoms with Crippen LogP contribution >= 0.6 is 11.3 Å². The number of rotatable bonds is 5. The normalized spacial score (nSPS) is 15.7. The van der Waals surface area contributed by atoms with Gasteiger partial charge in [-0.1, -0.05) is 12.1 Å². The van der Waals surface area contributed by atoms with Gasteiger partial charge in [0.1, 0.15) is 5.01 Å². The molecule has 1 saturated heterocycles. The number of nitrogens with one attached hydrogen (secondary N) is 2. The molecule has 124 valence electrons. The quantitative estimate of drug-likeness (QED) is 0.865. The van der Waals surface area contributed by atoms with Crippen LogP contribution in [0.5, 0.6) is 0 Å². The molecule has 8 heteroatoms. The predicted octanol–water partition coefficient (Wildman–Crippen LogP) is 1.46. The number of hydrogen-bond donors (Lipinski definition) is 2. The highest BCUT2D eigenvalue weighted by Crippen LogP contribution is 2.20. The van der Waals surface area contributed by atoms with Crippen molar-refractivity contribution in [2.45, 2.75) is 45.7 Å². The molecule has 0 aliphatic carbocycles. The maximum absolute atomic E-state index is 12.3. The lowest BCUT2D eigenvalue weighted by Gasteiger charge is -2.23. The molecule has 0 atom stereocenters. The van der Waals surface area contributed by atoms with Crippen LogP contribution in [0, 0.1) is 6.92 Å². The lowest BCUT2D eigenvalue weighted by atomic mass is 10.1. The number of carbonyl (C=O) groups excluding carboxylic acids is 1. The Morgan fingerprint density at radius 2 is 2.26 bits per heavy atom. The first kappa shape index (κ1) is 16.1. The van der Waals surface area contributed by atoms with Gasteiger partial charge in [-0.2, -0.15) is 0 Å². The monoisotopic (exact) mass is 334 g/mol. The molecule has 1 aliphatic rings. The Bertz CT molecular complexity index is 673. The molecule has 2 N–H and O–H groups in total. The highest BCUT2D eigenvalue weighted by Gasteiger charge is 2.22. The van der Waals surface area contributed by atoms with Crippen molar-refractivity contribution in [1.82, 2.24) is 30.6 Å². The van der Waals surface area contributed by atoms with Crippen LogP contribution in [0.25, 0.3) is 0 Å². The molecule has 23 heavy (non-hydrogen) atoms. The van der Waals surface area contributed by atoms with Crippen molar-refractivity contribution in [1.29, 1.82) is 0 Å². The van der Waals surface area contributed by atoms with Gasteiger partial charge in [0.25, 0.3) is 5.91 Å². The van der Waals surface area contributed by atoms with Gasteiger partial charge >= 0.3 is 0 Å². The zero-order chi connectivity index (χ0) is 16.2. The van der Waals surface area contributed by atoms with E-state index in [1.807, 2.05) is 17.8 Å². The van der Waals surface area contributed by atoms with Gasteiger partial charge in [-0.3, -0.25) is 4.79 Å². The molecule has 0 unspecified atom stereocenters. The van der Waals surface area contributed by atoms with Crippen LogP contribution in [0.1, 0.15) is 51.9 Å². The van der Waals surface area contributed by atoms with Crippen molar-refractivity contribution >= 4 is 17.2 Å². The number of hydrogen-bond acceptors (Lipinski definition) is 6. The van der Waals surface area contributed by atoms with Gasteiger partial charge in [0, 0.05) is 11.1 Å².